The van der Waals surface area contributed by atoms with E-state index in [2.05, 4.69) is 49.6 Å². The Morgan fingerprint density at radius 2 is 1.93 bits per heavy atom. The van der Waals surface area contributed by atoms with Crippen LogP contribution in [-0.2, 0) is 14.3 Å². The molecule has 0 aromatic heterocycles. The molecule has 0 radical (unpaired) electrons. The lowest BCUT2D eigenvalue weighted by atomic mass is 9.64. The van der Waals surface area contributed by atoms with E-state index in [9.17, 15) is 5.11 Å². The highest BCUT2D eigenvalue weighted by atomic mass is 16.6. The molecule has 2 bridgehead atoms. The predicted octanol–water partition coefficient (Wildman–Crippen LogP) is 1.74. The highest BCUT2D eigenvalue weighted by Gasteiger charge is 2.59. The number of hydrogen-bond acceptors (Lipinski definition) is 7. The summed E-state index contributed by atoms with van der Waals surface area (Å²) in [5, 5.41) is 14.9. The molecule has 4 aliphatic rings. The summed E-state index contributed by atoms with van der Waals surface area (Å²) in [7, 11) is 0. The fraction of sp³-hybridized carbons (Fsp3) is 0.952. The van der Waals surface area contributed by atoms with E-state index in [1.165, 1.54) is 0 Å². The van der Waals surface area contributed by atoms with Crippen LogP contribution in [0.2, 0.25) is 0 Å². The monoisotopic (exact) mass is 397 g/mol. The van der Waals surface area contributed by atoms with Crippen molar-refractivity contribution in [3.63, 3.8) is 0 Å². The van der Waals surface area contributed by atoms with Crippen LogP contribution < -0.4 is 0 Å². The Balaban J connectivity index is 1.73. The summed E-state index contributed by atoms with van der Waals surface area (Å²) in [4.78, 5) is 10.4. The van der Waals surface area contributed by atoms with Crippen molar-refractivity contribution in [2.45, 2.75) is 70.8 Å². The van der Waals surface area contributed by atoms with E-state index < -0.39 is 11.7 Å². The molecule has 4 fully saturated rings. The minimum atomic E-state index is -0.544. The van der Waals surface area contributed by atoms with Crippen molar-refractivity contribution in [2.75, 3.05) is 52.5 Å². The first-order chi connectivity index (χ1) is 13.3. The van der Waals surface area contributed by atoms with Crippen LogP contribution in [0.25, 0.3) is 0 Å². The number of aliphatic hydroxyl groups excluding tert-OH is 1. The summed E-state index contributed by atoms with van der Waals surface area (Å²) >= 11 is 0. The number of hydrogen-bond donors (Lipinski definition) is 1. The first kappa shape index (κ1) is 22.0. The first-order valence-corrected chi connectivity index (χ1v) is 10.9. The van der Waals surface area contributed by atoms with Crippen molar-refractivity contribution in [2.24, 2.45) is 11.1 Å². The SMILES string of the molecule is CCN(CC)CC(O)CO/N=C1\[C@H](N2CCOCC2)[C@H]2CC[C@]1(C)OC2(C)C. The first-order valence-electron chi connectivity index (χ1n) is 10.9. The van der Waals surface area contributed by atoms with Crippen molar-refractivity contribution >= 4 is 5.71 Å². The molecule has 0 aromatic carbocycles. The van der Waals surface area contributed by atoms with Gasteiger partial charge in [0.05, 0.1) is 24.9 Å². The predicted molar refractivity (Wildman–Crippen MR) is 110 cm³/mol. The Bertz CT molecular complexity index is 546. The van der Waals surface area contributed by atoms with Crippen LogP contribution in [-0.4, -0.2) is 96.5 Å². The van der Waals surface area contributed by atoms with Gasteiger partial charge in [0.25, 0.3) is 0 Å². The van der Waals surface area contributed by atoms with Gasteiger partial charge in [-0.15, -0.1) is 0 Å². The van der Waals surface area contributed by atoms with Crippen molar-refractivity contribution in [1.82, 2.24) is 9.80 Å². The molecule has 162 valence electrons. The van der Waals surface area contributed by atoms with Crippen molar-refractivity contribution in [3.8, 4) is 0 Å². The van der Waals surface area contributed by atoms with Gasteiger partial charge in [-0.3, -0.25) is 4.90 Å². The molecule has 3 saturated heterocycles. The van der Waals surface area contributed by atoms with Gasteiger partial charge in [0.1, 0.15) is 24.0 Å². The van der Waals surface area contributed by atoms with E-state index in [0.717, 1.165) is 57.9 Å². The van der Waals surface area contributed by atoms with E-state index in [-0.39, 0.29) is 18.2 Å². The van der Waals surface area contributed by atoms with Crippen LogP contribution in [0.15, 0.2) is 5.16 Å². The number of morpholine rings is 1. The lowest BCUT2D eigenvalue weighted by Crippen LogP contribution is -2.71. The minimum absolute atomic E-state index is 0.183. The number of likely N-dealkylation sites (N-methyl/N-ethyl adjacent to an activating group) is 1. The molecule has 1 aliphatic carbocycles. The zero-order valence-corrected chi connectivity index (χ0v) is 18.3. The molecule has 7 nitrogen and oxygen atoms in total. The third kappa shape index (κ3) is 4.54. The average Bonchev–Trinajstić information content (AvgIpc) is 2.66. The lowest BCUT2D eigenvalue weighted by Gasteiger charge is -2.59. The molecule has 4 atom stereocenters. The van der Waals surface area contributed by atoms with Crippen LogP contribution in [0.3, 0.4) is 0 Å². The van der Waals surface area contributed by atoms with E-state index in [1.807, 2.05) is 0 Å². The molecule has 3 aliphatic heterocycles. The fourth-order valence-corrected chi connectivity index (χ4v) is 5.17. The second-order valence-electron chi connectivity index (χ2n) is 9.09. The highest BCUT2D eigenvalue weighted by molar-refractivity contribution is 5.98. The number of rotatable bonds is 8. The number of fused-ring (bicyclic) bond motifs is 3. The number of ether oxygens (including phenoxy) is 2. The molecule has 0 spiro atoms. The van der Waals surface area contributed by atoms with Gasteiger partial charge in [-0.05, 0) is 46.7 Å². The van der Waals surface area contributed by atoms with Crippen LogP contribution in [0, 0.1) is 5.92 Å². The molecule has 28 heavy (non-hydrogen) atoms. The summed E-state index contributed by atoms with van der Waals surface area (Å²) in [5.74, 6) is 0.385. The quantitative estimate of drug-likeness (QED) is 0.630. The zero-order chi connectivity index (χ0) is 20.4. The number of nitrogens with zero attached hydrogens (tertiary/aromatic N) is 3. The second kappa shape index (κ2) is 8.96. The molecule has 0 amide bonds. The Morgan fingerprint density at radius 1 is 1.25 bits per heavy atom. The summed E-state index contributed by atoms with van der Waals surface area (Å²) < 4.78 is 12.1. The van der Waals surface area contributed by atoms with Gasteiger partial charge in [-0.25, -0.2) is 0 Å². The second-order valence-corrected chi connectivity index (χ2v) is 9.09. The Labute approximate surface area is 170 Å². The summed E-state index contributed by atoms with van der Waals surface area (Å²) in [6.45, 7) is 16.8. The van der Waals surface area contributed by atoms with Gasteiger partial charge < -0.3 is 24.3 Å². The zero-order valence-electron chi connectivity index (χ0n) is 18.3. The summed E-state index contributed by atoms with van der Waals surface area (Å²) in [5.41, 5.74) is 0.391. The molecule has 1 unspecified atom stereocenters. The van der Waals surface area contributed by atoms with Gasteiger partial charge >= 0.3 is 0 Å². The molecule has 3 heterocycles. The third-order valence-corrected chi connectivity index (χ3v) is 6.75. The Hall–Kier alpha value is -0.730. The van der Waals surface area contributed by atoms with Crippen LogP contribution in [0.4, 0.5) is 0 Å². The molecule has 1 saturated carbocycles. The Kier molecular flexibility index (Phi) is 7.03. The molecule has 7 heteroatoms. The molecule has 4 rings (SSSR count). The maximum Gasteiger partial charge on any atom is 0.144 e. The average molecular weight is 398 g/mol. The van der Waals surface area contributed by atoms with Crippen LogP contribution in [0.5, 0.6) is 0 Å². The standard InChI is InChI=1S/C21H39N3O4/c1-6-23(7-2)14-16(25)15-27-22-19-18(24-10-12-26-13-11-24)17-8-9-21(19,5)28-20(17,3)4/h16-18,25H,6-15H2,1-5H3/b22-19+/t16?,17-,18-,21+/m1/s1. The van der Waals surface area contributed by atoms with E-state index in [0.29, 0.717) is 12.5 Å². The highest BCUT2D eigenvalue weighted by Crippen LogP contribution is 2.50. The normalized spacial score (nSPS) is 35.5. The van der Waals surface area contributed by atoms with Crippen molar-refractivity contribution in [3.05, 3.63) is 0 Å². The third-order valence-electron chi connectivity index (χ3n) is 6.75. The smallest absolute Gasteiger partial charge is 0.144 e. The van der Waals surface area contributed by atoms with E-state index in [4.69, 9.17) is 14.3 Å². The maximum atomic E-state index is 10.3. The molecular weight excluding hydrogens is 358 g/mol. The molecule has 0 aromatic rings. The van der Waals surface area contributed by atoms with Gasteiger partial charge in [0.15, 0.2) is 0 Å². The van der Waals surface area contributed by atoms with Crippen LogP contribution >= 0.6 is 0 Å². The van der Waals surface area contributed by atoms with Crippen LogP contribution in [0.1, 0.15) is 47.5 Å². The van der Waals surface area contributed by atoms with E-state index >= 15 is 0 Å². The molecule has 1 N–H and O–H groups in total. The largest absolute Gasteiger partial charge is 0.393 e. The van der Waals surface area contributed by atoms with Gasteiger partial charge in [0, 0.05) is 25.6 Å². The van der Waals surface area contributed by atoms with Gasteiger partial charge in [-0.1, -0.05) is 19.0 Å². The fourth-order valence-electron chi connectivity index (χ4n) is 5.17. The maximum absolute atomic E-state index is 10.3. The number of oxime groups is 1. The van der Waals surface area contributed by atoms with Crippen molar-refractivity contribution in [1.29, 1.82) is 0 Å². The van der Waals surface area contributed by atoms with E-state index in [1.54, 1.807) is 0 Å². The topological polar surface area (TPSA) is 66.8 Å². The lowest BCUT2D eigenvalue weighted by molar-refractivity contribution is -0.199. The van der Waals surface area contributed by atoms with Gasteiger partial charge in [0.2, 0.25) is 0 Å². The Morgan fingerprint density at radius 3 is 2.54 bits per heavy atom. The summed E-state index contributed by atoms with van der Waals surface area (Å²) in [6, 6.07) is 0.214. The summed E-state index contributed by atoms with van der Waals surface area (Å²) in [6.07, 6.45) is 1.55. The van der Waals surface area contributed by atoms with Crippen molar-refractivity contribution < 1.29 is 19.4 Å². The number of aliphatic hydroxyl groups is 1. The van der Waals surface area contributed by atoms with Gasteiger partial charge in [-0.2, -0.15) is 0 Å². The molecular formula is C21H39N3O4. The minimum Gasteiger partial charge on any atom is -0.393 e.